The Balaban J connectivity index is 2.06. The van der Waals surface area contributed by atoms with Gasteiger partial charge in [0.1, 0.15) is 12.4 Å². The number of nitrogens with one attached hydrogen (secondary N) is 1. The van der Waals surface area contributed by atoms with Crippen LogP contribution >= 0.6 is 11.3 Å². The summed E-state index contributed by atoms with van der Waals surface area (Å²) in [5, 5.41) is 5.45. The van der Waals surface area contributed by atoms with Crippen LogP contribution < -0.4 is 10.1 Å². The van der Waals surface area contributed by atoms with Gasteiger partial charge < -0.3 is 14.5 Å². The standard InChI is InChI=1S/C11H11NO2S/c1-3-13-6-8(1)9-7-15-10-5-12-2-4-14-11(9)10/h1,3,6-7,12H,2,4-5H2. The maximum atomic E-state index is 5.75. The highest BCUT2D eigenvalue weighted by molar-refractivity contribution is 7.10. The Hall–Kier alpha value is -1.26. The zero-order chi connectivity index (χ0) is 10.1. The van der Waals surface area contributed by atoms with Gasteiger partial charge >= 0.3 is 0 Å². The highest BCUT2D eigenvalue weighted by Crippen LogP contribution is 2.39. The van der Waals surface area contributed by atoms with E-state index in [1.54, 1.807) is 23.9 Å². The van der Waals surface area contributed by atoms with E-state index in [9.17, 15) is 0 Å². The molecule has 0 amide bonds. The lowest BCUT2D eigenvalue weighted by molar-refractivity contribution is 0.328. The van der Waals surface area contributed by atoms with Crippen molar-refractivity contribution in [2.75, 3.05) is 13.2 Å². The van der Waals surface area contributed by atoms with E-state index >= 15 is 0 Å². The van der Waals surface area contributed by atoms with Crippen molar-refractivity contribution in [2.24, 2.45) is 0 Å². The smallest absolute Gasteiger partial charge is 0.142 e. The van der Waals surface area contributed by atoms with E-state index in [1.165, 1.54) is 4.88 Å². The summed E-state index contributed by atoms with van der Waals surface area (Å²) in [6.45, 7) is 2.54. The molecule has 3 nitrogen and oxygen atoms in total. The summed E-state index contributed by atoms with van der Waals surface area (Å²) in [5.41, 5.74) is 2.24. The van der Waals surface area contributed by atoms with Gasteiger partial charge in [0.15, 0.2) is 0 Å². The third kappa shape index (κ3) is 1.56. The normalized spacial score (nSPS) is 15.5. The van der Waals surface area contributed by atoms with Crippen LogP contribution in [0.1, 0.15) is 4.88 Å². The van der Waals surface area contributed by atoms with Crippen molar-refractivity contribution in [1.82, 2.24) is 5.32 Å². The second kappa shape index (κ2) is 3.72. The molecule has 1 aliphatic heterocycles. The van der Waals surface area contributed by atoms with Crippen LogP contribution in [-0.2, 0) is 6.54 Å². The molecule has 0 aliphatic carbocycles. The van der Waals surface area contributed by atoms with Crippen molar-refractivity contribution in [3.63, 3.8) is 0 Å². The predicted molar refractivity (Wildman–Crippen MR) is 59.2 cm³/mol. The molecule has 0 saturated heterocycles. The molecular formula is C11H11NO2S. The van der Waals surface area contributed by atoms with E-state index < -0.39 is 0 Å². The largest absolute Gasteiger partial charge is 0.490 e. The van der Waals surface area contributed by atoms with Crippen LogP contribution in [0.4, 0.5) is 0 Å². The number of hydrogen-bond donors (Lipinski definition) is 1. The minimum atomic E-state index is 0.731. The van der Waals surface area contributed by atoms with Crippen LogP contribution in [0.25, 0.3) is 11.1 Å². The van der Waals surface area contributed by atoms with Gasteiger partial charge in [0.2, 0.25) is 0 Å². The molecule has 2 aromatic rings. The number of hydrogen-bond acceptors (Lipinski definition) is 4. The maximum absolute atomic E-state index is 5.75. The SMILES string of the molecule is c1cc(-c2csc3c2OCCNC3)co1. The summed E-state index contributed by atoms with van der Waals surface area (Å²) < 4.78 is 10.8. The van der Waals surface area contributed by atoms with E-state index in [0.29, 0.717) is 0 Å². The number of thiophene rings is 1. The van der Waals surface area contributed by atoms with Gasteiger partial charge in [0.05, 0.1) is 17.4 Å². The topological polar surface area (TPSA) is 34.4 Å². The van der Waals surface area contributed by atoms with E-state index in [1.807, 2.05) is 6.07 Å². The third-order valence-electron chi connectivity index (χ3n) is 2.46. The molecule has 0 fully saturated rings. The van der Waals surface area contributed by atoms with E-state index in [2.05, 4.69) is 10.7 Å². The average Bonchev–Trinajstić information content (AvgIpc) is 2.83. The quantitative estimate of drug-likeness (QED) is 0.803. The predicted octanol–water partition coefficient (Wildman–Crippen LogP) is 2.49. The number of furan rings is 1. The van der Waals surface area contributed by atoms with Crippen LogP contribution in [0.15, 0.2) is 28.4 Å². The maximum Gasteiger partial charge on any atom is 0.142 e. The molecular weight excluding hydrogens is 210 g/mol. The Morgan fingerprint density at radius 2 is 2.40 bits per heavy atom. The highest BCUT2D eigenvalue weighted by Gasteiger charge is 2.17. The second-order valence-corrected chi connectivity index (χ2v) is 4.40. The van der Waals surface area contributed by atoms with Gasteiger partial charge in [0, 0.05) is 29.6 Å². The van der Waals surface area contributed by atoms with E-state index in [0.717, 1.165) is 36.6 Å². The molecule has 78 valence electrons. The van der Waals surface area contributed by atoms with Gasteiger partial charge in [-0.15, -0.1) is 11.3 Å². The zero-order valence-corrected chi connectivity index (χ0v) is 8.97. The van der Waals surface area contributed by atoms with Gasteiger partial charge in [-0.25, -0.2) is 0 Å². The summed E-state index contributed by atoms with van der Waals surface area (Å²) in [4.78, 5) is 1.27. The summed E-state index contributed by atoms with van der Waals surface area (Å²) in [6, 6.07) is 1.96. The monoisotopic (exact) mass is 221 g/mol. The Labute approximate surface area is 91.7 Å². The number of ether oxygens (including phenoxy) is 1. The Bertz CT molecular complexity index is 447. The van der Waals surface area contributed by atoms with Crippen molar-refractivity contribution in [3.8, 4) is 16.9 Å². The molecule has 1 aliphatic rings. The van der Waals surface area contributed by atoms with Crippen LogP contribution in [0.2, 0.25) is 0 Å². The lowest BCUT2D eigenvalue weighted by Crippen LogP contribution is -2.16. The van der Waals surface area contributed by atoms with Crippen LogP contribution in [-0.4, -0.2) is 13.2 Å². The number of rotatable bonds is 1. The van der Waals surface area contributed by atoms with Gasteiger partial charge in [-0.3, -0.25) is 0 Å². The third-order valence-corrected chi connectivity index (χ3v) is 3.43. The summed E-state index contributed by atoms with van der Waals surface area (Å²) in [6.07, 6.45) is 3.44. The molecule has 1 N–H and O–H groups in total. The van der Waals surface area contributed by atoms with Crippen molar-refractivity contribution in [1.29, 1.82) is 0 Å². The van der Waals surface area contributed by atoms with Crippen LogP contribution in [0.3, 0.4) is 0 Å². The van der Waals surface area contributed by atoms with Gasteiger partial charge in [-0.2, -0.15) is 0 Å². The summed E-state index contributed by atoms with van der Waals surface area (Å²) >= 11 is 1.73. The molecule has 2 aromatic heterocycles. The molecule has 0 saturated carbocycles. The van der Waals surface area contributed by atoms with Gasteiger partial charge in [0.25, 0.3) is 0 Å². The van der Waals surface area contributed by atoms with Gasteiger partial charge in [-0.05, 0) is 6.07 Å². The molecule has 0 unspecified atom stereocenters. The van der Waals surface area contributed by atoms with E-state index in [4.69, 9.17) is 9.15 Å². The lowest BCUT2D eigenvalue weighted by Gasteiger charge is -2.03. The fraction of sp³-hybridized carbons (Fsp3) is 0.273. The molecule has 3 rings (SSSR count). The van der Waals surface area contributed by atoms with Gasteiger partial charge in [-0.1, -0.05) is 0 Å². The molecule has 0 radical (unpaired) electrons. The molecule has 0 atom stereocenters. The minimum absolute atomic E-state index is 0.731. The second-order valence-electron chi connectivity index (χ2n) is 3.44. The Morgan fingerprint density at radius 1 is 1.40 bits per heavy atom. The highest BCUT2D eigenvalue weighted by atomic mass is 32.1. The Kier molecular flexibility index (Phi) is 2.23. The zero-order valence-electron chi connectivity index (χ0n) is 8.16. The fourth-order valence-electron chi connectivity index (χ4n) is 1.71. The summed E-state index contributed by atoms with van der Waals surface area (Å²) in [5.74, 6) is 1.02. The van der Waals surface area contributed by atoms with Crippen LogP contribution in [0.5, 0.6) is 5.75 Å². The van der Waals surface area contributed by atoms with Crippen molar-refractivity contribution < 1.29 is 9.15 Å². The minimum Gasteiger partial charge on any atom is -0.490 e. The average molecular weight is 221 g/mol. The first-order chi connectivity index (χ1) is 7.45. The molecule has 0 bridgehead atoms. The number of fused-ring (bicyclic) bond motifs is 1. The van der Waals surface area contributed by atoms with Crippen LogP contribution in [0, 0.1) is 0 Å². The molecule has 15 heavy (non-hydrogen) atoms. The first-order valence-corrected chi connectivity index (χ1v) is 5.79. The summed E-state index contributed by atoms with van der Waals surface area (Å²) in [7, 11) is 0. The molecule has 0 spiro atoms. The van der Waals surface area contributed by atoms with Crippen molar-refractivity contribution >= 4 is 11.3 Å². The first kappa shape index (κ1) is 9.00. The fourth-order valence-corrected chi connectivity index (χ4v) is 2.68. The van der Waals surface area contributed by atoms with Crippen molar-refractivity contribution in [3.05, 3.63) is 28.8 Å². The van der Waals surface area contributed by atoms with E-state index in [-0.39, 0.29) is 0 Å². The molecule has 4 heteroatoms. The Morgan fingerprint density at radius 3 is 3.27 bits per heavy atom. The van der Waals surface area contributed by atoms with Crippen molar-refractivity contribution in [2.45, 2.75) is 6.54 Å². The lowest BCUT2D eigenvalue weighted by atomic mass is 10.1. The molecule has 0 aromatic carbocycles. The molecule has 3 heterocycles. The first-order valence-electron chi connectivity index (χ1n) is 4.91.